The van der Waals surface area contributed by atoms with Crippen molar-refractivity contribution < 1.29 is 13.2 Å². The van der Waals surface area contributed by atoms with E-state index in [0.29, 0.717) is 35.0 Å². The summed E-state index contributed by atoms with van der Waals surface area (Å²) in [6, 6.07) is 5.02. The summed E-state index contributed by atoms with van der Waals surface area (Å²) in [5.74, 6) is 0.937. The molecule has 2 aromatic heterocycles. The first-order chi connectivity index (χ1) is 12.4. The van der Waals surface area contributed by atoms with E-state index >= 15 is 0 Å². The second-order valence-corrected chi connectivity index (χ2v) is 6.17. The molecule has 5 nitrogen and oxygen atoms in total. The van der Waals surface area contributed by atoms with Gasteiger partial charge in [0.05, 0.1) is 16.8 Å². The van der Waals surface area contributed by atoms with Gasteiger partial charge in [-0.05, 0) is 24.1 Å². The third kappa shape index (κ3) is 2.53. The molecule has 0 atom stereocenters. The Morgan fingerprint density at radius 3 is 2.81 bits per heavy atom. The monoisotopic (exact) mass is 360 g/mol. The smallest absolute Gasteiger partial charge is 0.278 e. The van der Waals surface area contributed by atoms with Crippen molar-refractivity contribution in [1.29, 1.82) is 0 Å². The summed E-state index contributed by atoms with van der Waals surface area (Å²) in [7, 11) is 0. The van der Waals surface area contributed by atoms with Crippen molar-refractivity contribution in [3.63, 3.8) is 0 Å². The summed E-state index contributed by atoms with van der Waals surface area (Å²) in [4.78, 5) is 21.5. The molecule has 1 aliphatic heterocycles. The normalized spacial score (nSPS) is 13.9. The molecule has 0 unspecified atom stereocenters. The Morgan fingerprint density at radius 1 is 1.27 bits per heavy atom. The quantitative estimate of drug-likeness (QED) is 0.717. The Morgan fingerprint density at radius 2 is 2.08 bits per heavy atom. The van der Waals surface area contributed by atoms with Gasteiger partial charge >= 0.3 is 6.18 Å². The molecule has 134 valence electrons. The number of halogens is 3. The summed E-state index contributed by atoms with van der Waals surface area (Å²) in [5, 5.41) is 0. The highest BCUT2D eigenvalue weighted by Gasteiger charge is 2.31. The lowest BCUT2D eigenvalue weighted by molar-refractivity contribution is -0.137. The van der Waals surface area contributed by atoms with E-state index in [2.05, 4.69) is 9.98 Å². The molecule has 8 heteroatoms. The zero-order chi connectivity index (χ0) is 18.5. The zero-order valence-corrected chi connectivity index (χ0v) is 13.9. The highest BCUT2D eigenvalue weighted by molar-refractivity contribution is 6.06. The van der Waals surface area contributed by atoms with Crippen LogP contribution in [-0.2, 0) is 19.1 Å². The lowest BCUT2D eigenvalue weighted by Crippen LogP contribution is -2.26. The minimum atomic E-state index is -4.42. The number of rotatable bonds is 3. The van der Waals surface area contributed by atoms with Crippen molar-refractivity contribution in [2.45, 2.75) is 32.5 Å². The lowest BCUT2D eigenvalue weighted by atomic mass is 10.0. The Bertz CT molecular complexity index is 1090. The van der Waals surface area contributed by atoms with E-state index < -0.39 is 11.7 Å². The first kappa shape index (κ1) is 16.6. The van der Waals surface area contributed by atoms with Crippen LogP contribution in [-0.4, -0.2) is 19.7 Å². The number of benzene rings is 1. The lowest BCUT2D eigenvalue weighted by Gasteiger charge is -2.09. The first-order valence-corrected chi connectivity index (χ1v) is 8.24. The van der Waals surface area contributed by atoms with E-state index in [4.69, 9.17) is 0 Å². The van der Waals surface area contributed by atoms with Crippen molar-refractivity contribution in [1.82, 2.24) is 14.0 Å². The molecule has 3 aromatic rings. The topological polar surface area (TPSA) is 51.7 Å². The molecule has 0 aliphatic carbocycles. The number of aromatic nitrogens is 3. The van der Waals surface area contributed by atoms with Gasteiger partial charge in [-0.3, -0.25) is 13.8 Å². The summed E-state index contributed by atoms with van der Waals surface area (Å²) in [6.45, 7) is 2.48. The average Bonchev–Trinajstić information content (AvgIpc) is 3.24. The molecule has 26 heavy (non-hydrogen) atoms. The number of aliphatic imine (C=N–C) groups is 1. The van der Waals surface area contributed by atoms with E-state index in [1.807, 2.05) is 6.92 Å². The summed E-state index contributed by atoms with van der Waals surface area (Å²) in [6.07, 6.45) is -0.166. The second-order valence-electron chi connectivity index (χ2n) is 6.17. The number of hydrogen-bond donors (Lipinski definition) is 0. The molecular formula is C18H15F3N4O. The molecule has 0 amide bonds. The molecular weight excluding hydrogens is 345 g/mol. The fraction of sp³-hybridized carbons (Fsp3) is 0.278. The van der Waals surface area contributed by atoms with E-state index in [1.54, 1.807) is 27.4 Å². The number of fused-ring (bicyclic) bond motifs is 3. The molecule has 3 heterocycles. The van der Waals surface area contributed by atoms with Gasteiger partial charge in [-0.25, -0.2) is 9.98 Å². The Balaban J connectivity index is 1.85. The van der Waals surface area contributed by atoms with Crippen molar-refractivity contribution >= 4 is 17.3 Å². The molecule has 1 aliphatic rings. The maximum atomic E-state index is 13.0. The molecule has 0 saturated heterocycles. The van der Waals surface area contributed by atoms with Gasteiger partial charge in [0.25, 0.3) is 5.56 Å². The summed E-state index contributed by atoms with van der Waals surface area (Å²) < 4.78 is 42.2. The molecule has 1 aromatic carbocycles. The maximum Gasteiger partial charge on any atom is 0.416 e. The largest absolute Gasteiger partial charge is 0.416 e. The fourth-order valence-electron chi connectivity index (χ4n) is 3.23. The van der Waals surface area contributed by atoms with Gasteiger partial charge in [-0.2, -0.15) is 13.2 Å². The van der Waals surface area contributed by atoms with Crippen LogP contribution in [0.4, 0.5) is 19.0 Å². The van der Waals surface area contributed by atoms with Gasteiger partial charge in [-0.1, -0.05) is 19.1 Å². The zero-order valence-electron chi connectivity index (χ0n) is 13.9. The summed E-state index contributed by atoms with van der Waals surface area (Å²) >= 11 is 0. The van der Waals surface area contributed by atoms with Crippen LogP contribution in [0.2, 0.25) is 0 Å². The number of alkyl halides is 3. The number of nitrogens with zero attached hydrogens (tertiary/aromatic N) is 4. The van der Waals surface area contributed by atoms with Crippen LogP contribution in [0.5, 0.6) is 0 Å². The number of imidazole rings is 1. The van der Waals surface area contributed by atoms with E-state index in [9.17, 15) is 18.0 Å². The summed E-state index contributed by atoms with van der Waals surface area (Å²) in [5.41, 5.74) is 0.380. The van der Waals surface area contributed by atoms with Gasteiger partial charge in [0.2, 0.25) is 5.78 Å². The standard InChI is InChI=1S/C18H15F3N4O/c1-2-7-25-16(26)13-10-14(23-15(13)24-8-6-22-17(24)25)11-4-3-5-12(9-11)18(19,20)21/h3-6,8-9H,2,7,10H2,1H3. The Labute approximate surface area is 146 Å². The second kappa shape index (κ2) is 5.82. The number of hydrogen-bond acceptors (Lipinski definition) is 3. The minimum absolute atomic E-state index is 0.189. The highest BCUT2D eigenvalue weighted by Crippen LogP contribution is 2.32. The van der Waals surface area contributed by atoms with Crippen molar-refractivity contribution in [3.05, 3.63) is 63.7 Å². The van der Waals surface area contributed by atoms with Crippen LogP contribution in [0.15, 0.2) is 46.4 Å². The van der Waals surface area contributed by atoms with E-state index in [1.165, 1.54) is 6.07 Å². The van der Waals surface area contributed by atoms with E-state index in [0.717, 1.165) is 18.6 Å². The van der Waals surface area contributed by atoms with Gasteiger partial charge in [-0.15, -0.1) is 0 Å². The highest BCUT2D eigenvalue weighted by atomic mass is 19.4. The van der Waals surface area contributed by atoms with Crippen LogP contribution in [0.1, 0.15) is 30.0 Å². The minimum Gasteiger partial charge on any atom is -0.278 e. The van der Waals surface area contributed by atoms with Crippen molar-refractivity contribution in [2.24, 2.45) is 4.99 Å². The van der Waals surface area contributed by atoms with Gasteiger partial charge < -0.3 is 0 Å². The van der Waals surface area contributed by atoms with Crippen molar-refractivity contribution in [2.75, 3.05) is 0 Å². The third-order valence-electron chi connectivity index (χ3n) is 4.42. The van der Waals surface area contributed by atoms with Crippen LogP contribution >= 0.6 is 0 Å². The number of aryl methyl sites for hydroxylation is 1. The Hall–Kier alpha value is -2.90. The van der Waals surface area contributed by atoms with Crippen LogP contribution in [0, 0.1) is 0 Å². The SMILES string of the molecule is CCCn1c(=O)c2c(n3ccnc13)N=C(c1cccc(C(F)(F)F)c1)C2. The molecule has 0 bridgehead atoms. The van der Waals surface area contributed by atoms with Gasteiger partial charge in [0.1, 0.15) is 5.82 Å². The Kier molecular flexibility index (Phi) is 3.71. The third-order valence-corrected chi connectivity index (χ3v) is 4.42. The van der Waals surface area contributed by atoms with Gasteiger partial charge in [0.15, 0.2) is 0 Å². The maximum absolute atomic E-state index is 13.0. The fourth-order valence-corrected chi connectivity index (χ4v) is 3.23. The first-order valence-electron chi connectivity index (χ1n) is 8.24. The predicted molar refractivity (Wildman–Crippen MR) is 91.1 cm³/mol. The van der Waals surface area contributed by atoms with Crippen LogP contribution in [0.3, 0.4) is 0 Å². The average molecular weight is 360 g/mol. The molecule has 0 N–H and O–H groups in total. The molecule has 0 spiro atoms. The van der Waals surface area contributed by atoms with Crippen molar-refractivity contribution in [3.8, 4) is 0 Å². The van der Waals surface area contributed by atoms with Gasteiger partial charge in [0, 0.05) is 25.4 Å². The predicted octanol–water partition coefficient (Wildman–Crippen LogP) is 3.60. The van der Waals surface area contributed by atoms with Crippen LogP contribution < -0.4 is 5.56 Å². The molecule has 0 saturated carbocycles. The molecule has 0 fully saturated rings. The van der Waals surface area contributed by atoms with E-state index in [-0.39, 0.29) is 12.0 Å². The van der Waals surface area contributed by atoms with Crippen LogP contribution in [0.25, 0.3) is 5.78 Å². The molecule has 4 rings (SSSR count). The molecule has 0 radical (unpaired) electrons.